The summed E-state index contributed by atoms with van der Waals surface area (Å²) in [6.07, 6.45) is 0. The van der Waals surface area contributed by atoms with Gasteiger partial charge in [-0.3, -0.25) is 29.8 Å². The molecule has 1 aliphatic rings. The van der Waals surface area contributed by atoms with Gasteiger partial charge >= 0.3 is 0 Å². The molecule has 21 heavy (non-hydrogen) atoms. The van der Waals surface area contributed by atoms with E-state index in [0.29, 0.717) is 0 Å². The normalized spacial score (nSPS) is 18.4. The molecule has 1 N–H and O–H groups in total. The molecule has 110 valence electrons. The molecule has 1 heterocycles. The fourth-order valence-electron chi connectivity index (χ4n) is 1.91. The lowest BCUT2D eigenvalue weighted by atomic mass is 10.1. The topological polar surface area (TPSA) is 110 Å². The second-order valence-corrected chi connectivity index (χ2v) is 4.85. The van der Waals surface area contributed by atoms with Gasteiger partial charge in [0.2, 0.25) is 11.8 Å². The Morgan fingerprint density at radius 3 is 2.71 bits per heavy atom. The number of carbonyl (C=O) groups is 3. The molecule has 1 atom stereocenters. The number of non-ortho nitro benzene ring substituents is 1. The molecule has 1 saturated heterocycles. The monoisotopic (exact) mass is 311 g/mol. The van der Waals surface area contributed by atoms with Crippen LogP contribution in [0.4, 0.5) is 5.69 Å². The average Bonchev–Trinajstić information content (AvgIpc) is 2.41. The zero-order chi connectivity index (χ0) is 15.7. The number of hydrogen-bond acceptors (Lipinski definition) is 5. The van der Waals surface area contributed by atoms with E-state index in [1.54, 1.807) is 0 Å². The van der Waals surface area contributed by atoms with E-state index in [4.69, 9.17) is 11.6 Å². The summed E-state index contributed by atoms with van der Waals surface area (Å²) in [4.78, 5) is 46.3. The van der Waals surface area contributed by atoms with E-state index < -0.39 is 28.7 Å². The number of nitrogens with zero attached hydrogens (tertiary/aromatic N) is 2. The molecule has 0 radical (unpaired) electrons. The Balaban J connectivity index is 2.33. The van der Waals surface area contributed by atoms with E-state index in [9.17, 15) is 24.5 Å². The molecule has 1 unspecified atom stereocenters. The number of rotatable bonds is 2. The van der Waals surface area contributed by atoms with Gasteiger partial charge in [-0.25, -0.2) is 0 Å². The molecule has 1 aliphatic heterocycles. The summed E-state index contributed by atoms with van der Waals surface area (Å²) in [5.41, 5.74) is -0.256. The molecular formula is C12H10ClN3O5. The number of nitrogens with one attached hydrogen (secondary N) is 1. The van der Waals surface area contributed by atoms with Crippen LogP contribution in [0.25, 0.3) is 0 Å². The Kier molecular flexibility index (Phi) is 3.90. The summed E-state index contributed by atoms with van der Waals surface area (Å²) < 4.78 is 0. The van der Waals surface area contributed by atoms with Gasteiger partial charge in [-0.05, 0) is 13.0 Å². The minimum Gasteiger partial charge on any atom is -0.318 e. The van der Waals surface area contributed by atoms with Gasteiger partial charge in [0, 0.05) is 12.1 Å². The van der Waals surface area contributed by atoms with Crippen molar-refractivity contribution in [1.82, 2.24) is 10.2 Å². The molecule has 9 heteroatoms. The Bertz CT molecular complexity index is 660. The highest BCUT2D eigenvalue weighted by molar-refractivity contribution is 6.34. The van der Waals surface area contributed by atoms with Gasteiger partial charge < -0.3 is 4.90 Å². The first kappa shape index (κ1) is 14.9. The van der Waals surface area contributed by atoms with Crippen molar-refractivity contribution in [2.24, 2.45) is 0 Å². The number of hydrogen-bond donors (Lipinski definition) is 1. The zero-order valence-electron chi connectivity index (χ0n) is 10.8. The van der Waals surface area contributed by atoms with Crippen LogP contribution in [0.15, 0.2) is 18.2 Å². The van der Waals surface area contributed by atoms with Crippen molar-refractivity contribution in [3.05, 3.63) is 38.9 Å². The van der Waals surface area contributed by atoms with E-state index in [2.05, 4.69) is 5.32 Å². The number of imide groups is 1. The lowest BCUT2D eigenvalue weighted by Gasteiger charge is -2.31. The molecule has 1 aromatic rings. The van der Waals surface area contributed by atoms with E-state index in [-0.39, 0.29) is 22.8 Å². The first-order valence-electron chi connectivity index (χ1n) is 5.90. The Morgan fingerprint density at radius 2 is 2.14 bits per heavy atom. The molecule has 2 rings (SSSR count). The van der Waals surface area contributed by atoms with Gasteiger partial charge in [-0.15, -0.1) is 0 Å². The second kappa shape index (κ2) is 5.49. The summed E-state index contributed by atoms with van der Waals surface area (Å²) >= 11 is 5.87. The first-order valence-corrected chi connectivity index (χ1v) is 6.27. The maximum absolute atomic E-state index is 12.3. The van der Waals surface area contributed by atoms with Crippen molar-refractivity contribution in [2.75, 3.05) is 6.54 Å². The van der Waals surface area contributed by atoms with E-state index in [1.165, 1.54) is 13.0 Å². The predicted octanol–water partition coefficient (Wildman–Crippen LogP) is 0.735. The van der Waals surface area contributed by atoms with Crippen LogP contribution >= 0.6 is 11.6 Å². The fraction of sp³-hybridized carbons (Fsp3) is 0.250. The number of nitro benzene ring substituents is 1. The minimum absolute atomic E-state index is 0.00313. The Hall–Kier alpha value is -2.48. The first-order chi connectivity index (χ1) is 9.81. The molecular weight excluding hydrogens is 302 g/mol. The Labute approximate surface area is 123 Å². The highest BCUT2D eigenvalue weighted by Gasteiger charge is 2.34. The van der Waals surface area contributed by atoms with Crippen molar-refractivity contribution in [2.45, 2.75) is 13.0 Å². The van der Waals surface area contributed by atoms with E-state index in [1.807, 2.05) is 0 Å². The number of amides is 3. The van der Waals surface area contributed by atoms with Crippen molar-refractivity contribution in [1.29, 1.82) is 0 Å². The highest BCUT2D eigenvalue weighted by Crippen LogP contribution is 2.24. The summed E-state index contributed by atoms with van der Waals surface area (Å²) in [5.74, 6) is -1.81. The molecule has 1 fully saturated rings. The second-order valence-electron chi connectivity index (χ2n) is 4.44. The molecule has 0 spiro atoms. The lowest BCUT2D eigenvalue weighted by Crippen LogP contribution is -2.58. The van der Waals surface area contributed by atoms with Gasteiger partial charge in [0.15, 0.2) is 0 Å². The van der Waals surface area contributed by atoms with Crippen LogP contribution in [0.1, 0.15) is 17.3 Å². The zero-order valence-corrected chi connectivity index (χ0v) is 11.6. The third-order valence-electron chi connectivity index (χ3n) is 3.08. The molecule has 0 bridgehead atoms. The number of piperazine rings is 1. The maximum Gasteiger partial charge on any atom is 0.270 e. The van der Waals surface area contributed by atoms with Gasteiger partial charge in [0.1, 0.15) is 12.6 Å². The third-order valence-corrected chi connectivity index (χ3v) is 3.39. The number of carbonyl (C=O) groups excluding carboxylic acids is 3. The third kappa shape index (κ3) is 2.84. The van der Waals surface area contributed by atoms with Crippen molar-refractivity contribution < 1.29 is 19.3 Å². The molecule has 8 nitrogen and oxygen atoms in total. The standard InChI is InChI=1S/C12H10ClN3O5/c1-6-11(18)14-10(17)5-15(6)12(19)8-3-2-7(16(20)21)4-9(8)13/h2-4,6H,5H2,1H3,(H,14,17,18). The largest absolute Gasteiger partial charge is 0.318 e. The van der Waals surface area contributed by atoms with Crippen LogP contribution in [0.5, 0.6) is 0 Å². The van der Waals surface area contributed by atoms with Crippen LogP contribution in [0.3, 0.4) is 0 Å². The van der Waals surface area contributed by atoms with Crippen LogP contribution in [-0.4, -0.2) is 40.1 Å². The summed E-state index contributed by atoms with van der Waals surface area (Å²) in [5, 5.41) is 12.6. The van der Waals surface area contributed by atoms with Crippen molar-refractivity contribution in [3.63, 3.8) is 0 Å². The van der Waals surface area contributed by atoms with Crippen molar-refractivity contribution in [3.8, 4) is 0 Å². The van der Waals surface area contributed by atoms with Crippen LogP contribution in [0.2, 0.25) is 5.02 Å². The summed E-state index contributed by atoms with van der Waals surface area (Å²) in [6, 6.07) is 2.55. The van der Waals surface area contributed by atoms with Gasteiger partial charge in [-0.2, -0.15) is 0 Å². The Morgan fingerprint density at radius 1 is 1.48 bits per heavy atom. The average molecular weight is 312 g/mol. The maximum atomic E-state index is 12.3. The molecule has 0 saturated carbocycles. The quantitative estimate of drug-likeness (QED) is 0.492. The summed E-state index contributed by atoms with van der Waals surface area (Å²) in [7, 11) is 0. The van der Waals surface area contributed by atoms with Crippen molar-refractivity contribution >= 4 is 35.0 Å². The predicted molar refractivity (Wildman–Crippen MR) is 71.8 cm³/mol. The molecule has 0 aliphatic carbocycles. The van der Waals surface area contributed by atoms with Gasteiger partial charge in [-0.1, -0.05) is 11.6 Å². The van der Waals surface area contributed by atoms with Crippen LogP contribution in [-0.2, 0) is 9.59 Å². The number of benzene rings is 1. The van der Waals surface area contributed by atoms with Gasteiger partial charge in [0.25, 0.3) is 11.6 Å². The molecule has 1 aromatic carbocycles. The number of halogens is 1. The smallest absolute Gasteiger partial charge is 0.270 e. The highest BCUT2D eigenvalue weighted by atomic mass is 35.5. The molecule has 3 amide bonds. The summed E-state index contributed by atoms with van der Waals surface area (Å²) in [6.45, 7) is 1.19. The van der Waals surface area contributed by atoms with Crippen LogP contribution < -0.4 is 5.32 Å². The van der Waals surface area contributed by atoms with E-state index in [0.717, 1.165) is 17.0 Å². The lowest BCUT2D eigenvalue weighted by molar-refractivity contribution is -0.384. The number of nitro groups is 1. The minimum atomic E-state index is -0.832. The SMILES string of the molecule is CC1C(=O)NC(=O)CN1C(=O)c1ccc([N+](=O)[O-])cc1Cl. The fourth-order valence-corrected chi connectivity index (χ4v) is 2.16. The van der Waals surface area contributed by atoms with Gasteiger partial charge in [0.05, 0.1) is 15.5 Å². The molecule has 0 aromatic heterocycles. The van der Waals surface area contributed by atoms with E-state index >= 15 is 0 Å². The van der Waals surface area contributed by atoms with Crippen LogP contribution in [0, 0.1) is 10.1 Å².